The molecule has 2 saturated carbocycles. The highest BCUT2D eigenvalue weighted by Crippen LogP contribution is 2.47. The first kappa shape index (κ1) is 15.3. The summed E-state index contributed by atoms with van der Waals surface area (Å²) < 4.78 is 0. The summed E-state index contributed by atoms with van der Waals surface area (Å²) in [5, 5.41) is 5.55. The van der Waals surface area contributed by atoms with E-state index in [1.54, 1.807) is 7.05 Å². The summed E-state index contributed by atoms with van der Waals surface area (Å²) in [5.74, 6) is 1.01. The molecular weight excluding hydrogens is 254 g/mol. The highest BCUT2D eigenvalue weighted by atomic mass is 16.2. The lowest BCUT2D eigenvalue weighted by Gasteiger charge is -2.29. The lowest BCUT2D eigenvalue weighted by molar-refractivity contribution is -0.132. The van der Waals surface area contributed by atoms with Gasteiger partial charge in [0.05, 0.1) is 5.92 Å². The van der Waals surface area contributed by atoms with Crippen molar-refractivity contribution in [3.05, 3.63) is 0 Å². The van der Waals surface area contributed by atoms with Crippen LogP contribution >= 0.6 is 0 Å². The Balaban J connectivity index is 1.99. The molecule has 5 nitrogen and oxygen atoms in total. The lowest BCUT2D eigenvalue weighted by atomic mass is 9.84. The van der Waals surface area contributed by atoms with E-state index in [0.29, 0.717) is 24.2 Å². The van der Waals surface area contributed by atoms with Crippen LogP contribution in [0.2, 0.25) is 0 Å². The van der Waals surface area contributed by atoms with Crippen molar-refractivity contribution in [1.29, 1.82) is 0 Å². The first-order valence-corrected chi connectivity index (χ1v) is 7.71. The number of rotatable bonds is 5. The van der Waals surface area contributed by atoms with E-state index in [9.17, 15) is 9.59 Å². The van der Waals surface area contributed by atoms with Gasteiger partial charge >= 0.3 is 0 Å². The van der Waals surface area contributed by atoms with Crippen molar-refractivity contribution in [1.82, 2.24) is 10.6 Å². The molecule has 5 heteroatoms. The predicted octanol–water partition coefficient (Wildman–Crippen LogP) is 0.637. The lowest BCUT2D eigenvalue weighted by Crippen LogP contribution is -2.52. The molecule has 0 spiro atoms. The Morgan fingerprint density at radius 3 is 2.40 bits per heavy atom. The van der Waals surface area contributed by atoms with Crippen LogP contribution in [0.4, 0.5) is 0 Å². The Morgan fingerprint density at radius 1 is 1.25 bits per heavy atom. The third kappa shape index (κ3) is 2.97. The molecule has 2 amide bonds. The van der Waals surface area contributed by atoms with Crippen molar-refractivity contribution in [2.75, 3.05) is 7.05 Å². The summed E-state index contributed by atoms with van der Waals surface area (Å²) in [6.45, 7) is 4.09. The minimum Gasteiger partial charge on any atom is -0.357 e. The maximum atomic E-state index is 12.5. The first-order valence-electron chi connectivity index (χ1n) is 7.71. The van der Waals surface area contributed by atoms with Gasteiger partial charge in [0.2, 0.25) is 11.8 Å². The van der Waals surface area contributed by atoms with E-state index in [2.05, 4.69) is 10.6 Å². The number of hydrogen-bond donors (Lipinski definition) is 3. The number of hydrogen-bond acceptors (Lipinski definition) is 3. The zero-order chi connectivity index (χ0) is 14.9. The van der Waals surface area contributed by atoms with Crippen LogP contribution in [0.1, 0.15) is 39.5 Å². The Labute approximate surface area is 121 Å². The molecule has 5 atom stereocenters. The predicted molar refractivity (Wildman–Crippen MR) is 77.7 cm³/mol. The van der Waals surface area contributed by atoms with Gasteiger partial charge in [0.1, 0.15) is 6.04 Å². The molecule has 2 aliphatic rings. The van der Waals surface area contributed by atoms with Gasteiger partial charge in [0.15, 0.2) is 0 Å². The maximum absolute atomic E-state index is 12.5. The van der Waals surface area contributed by atoms with Crippen molar-refractivity contribution in [2.45, 2.75) is 51.6 Å². The van der Waals surface area contributed by atoms with Gasteiger partial charge in [-0.3, -0.25) is 9.59 Å². The first-order chi connectivity index (χ1) is 9.43. The van der Waals surface area contributed by atoms with E-state index in [-0.39, 0.29) is 23.8 Å². The van der Waals surface area contributed by atoms with E-state index >= 15 is 0 Å². The van der Waals surface area contributed by atoms with Gasteiger partial charge in [-0.05, 0) is 43.4 Å². The normalized spacial score (nSPS) is 33.2. The second-order valence-electron chi connectivity index (χ2n) is 6.74. The summed E-state index contributed by atoms with van der Waals surface area (Å²) in [5.41, 5.74) is 6.19. The Morgan fingerprint density at radius 2 is 1.90 bits per heavy atom. The minimum atomic E-state index is -0.446. The summed E-state index contributed by atoms with van der Waals surface area (Å²) in [7, 11) is 1.60. The van der Waals surface area contributed by atoms with Crippen LogP contribution in [0.5, 0.6) is 0 Å². The summed E-state index contributed by atoms with van der Waals surface area (Å²) >= 11 is 0. The molecule has 114 valence electrons. The van der Waals surface area contributed by atoms with Gasteiger partial charge in [-0.2, -0.15) is 0 Å². The van der Waals surface area contributed by atoms with Crippen LogP contribution < -0.4 is 16.4 Å². The monoisotopic (exact) mass is 281 g/mol. The molecule has 0 aromatic carbocycles. The molecule has 0 aliphatic heterocycles. The zero-order valence-electron chi connectivity index (χ0n) is 12.7. The molecule has 2 fully saturated rings. The second kappa shape index (κ2) is 6.12. The highest BCUT2D eigenvalue weighted by molar-refractivity contribution is 5.89. The summed E-state index contributed by atoms with van der Waals surface area (Å²) in [6.07, 6.45) is 3.99. The van der Waals surface area contributed by atoms with Gasteiger partial charge in [-0.15, -0.1) is 0 Å². The van der Waals surface area contributed by atoms with Crippen LogP contribution in [-0.4, -0.2) is 30.9 Å². The quantitative estimate of drug-likeness (QED) is 0.691. The Kier molecular flexibility index (Phi) is 4.68. The fraction of sp³-hybridized carbons (Fsp3) is 0.867. The van der Waals surface area contributed by atoms with Crippen molar-refractivity contribution in [3.63, 3.8) is 0 Å². The largest absolute Gasteiger partial charge is 0.357 e. The molecule has 2 rings (SSSR count). The van der Waals surface area contributed by atoms with E-state index in [1.807, 2.05) is 13.8 Å². The topological polar surface area (TPSA) is 84.2 Å². The number of fused-ring (bicyclic) bond motifs is 2. The van der Waals surface area contributed by atoms with Crippen molar-refractivity contribution in [2.24, 2.45) is 29.4 Å². The van der Waals surface area contributed by atoms with E-state index in [4.69, 9.17) is 5.73 Å². The van der Waals surface area contributed by atoms with Crippen molar-refractivity contribution >= 4 is 11.8 Å². The highest BCUT2D eigenvalue weighted by Gasteiger charge is 2.49. The van der Waals surface area contributed by atoms with Gasteiger partial charge in [-0.25, -0.2) is 0 Å². The number of nitrogens with one attached hydrogen (secondary N) is 2. The van der Waals surface area contributed by atoms with E-state index in [0.717, 1.165) is 19.3 Å². The molecule has 0 aromatic heterocycles. The smallest absolute Gasteiger partial charge is 0.242 e. The van der Waals surface area contributed by atoms with Crippen molar-refractivity contribution < 1.29 is 9.59 Å². The van der Waals surface area contributed by atoms with Crippen LogP contribution in [0, 0.1) is 23.7 Å². The van der Waals surface area contributed by atoms with Crippen LogP contribution in [0.3, 0.4) is 0 Å². The summed E-state index contributed by atoms with van der Waals surface area (Å²) in [6, 6.07) is -0.475. The molecular formula is C15H27N3O2. The molecule has 0 heterocycles. The fourth-order valence-electron chi connectivity index (χ4n) is 3.87. The average Bonchev–Trinajstić information content (AvgIpc) is 2.96. The zero-order valence-corrected chi connectivity index (χ0v) is 12.7. The van der Waals surface area contributed by atoms with Crippen LogP contribution in [0.15, 0.2) is 0 Å². The standard InChI is InChI=1S/C15H27N3O2/c1-8(2)6-11(14(19)17-3)18-15(20)12-9-4-5-10(7-9)13(12)16/h8-13H,4-7,16H2,1-3H3,(H,17,19)(H,18,20). The second-order valence-corrected chi connectivity index (χ2v) is 6.74. The molecule has 0 aromatic rings. The third-order valence-corrected chi connectivity index (χ3v) is 4.87. The van der Waals surface area contributed by atoms with Crippen molar-refractivity contribution in [3.8, 4) is 0 Å². The van der Waals surface area contributed by atoms with Crippen LogP contribution in [0.25, 0.3) is 0 Å². The molecule has 4 N–H and O–H groups in total. The molecule has 0 saturated heterocycles. The molecule has 0 radical (unpaired) electrons. The summed E-state index contributed by atoms with van der Waals surface area (Å²) in [4.78, 5) is 24.4. The maximum Gasteiger partial charge on any atom is 0.242 e. The minimum absolute atomic E-state index is 0.0287. The average molecular weight is 281 g/mol. The number of likely N-dealkylation sites (N-methyl/N-ethyl adjacent to an activating group) is 1. The Hall–Kier alpha value is -1.10. The molecule has 2 aliphatic carbocycles. The number of amides is 2. The van der Waals surface area contributed by atoms with Gasteiger partial charge < -0.3 is 16.4 Å². The Bertz CT molecular complexity index is 381. The molecule has 5 unspecified atom stereocenters. The van der Waals surface area contributed by atoms with Gasteiger partial charge in [0, 0.05) is 13.1 Å². The van der Waals surface area contributed by atoms with E-state index in [1.165, 1.54) is 0 Å². The fourth-order valence-corrected chi connectivity index (χ4v) is 3.87. The molecule has 20 heavy (non-hydrogen) atoms. The number of carbonyl (C=O) groups excluding carboxylic acids is 2. The number of carbonyl (C=O) groups is 2. The third-order valence-electron chi connectivity index (χ3n) is 4.87. The van der Waals surface area contributed by atoms with E-state index < -0.39 is 6.04 Å². The molecule has 2 bridgehead atoms. The van der Waals surface area contributed by atoms with Crippen LogP contribution in [-0.2, 0) is 9.59 Å². The number of nitrogens with two attached hydrogens (primary N) is 1. The van der Waals surface area contributed by atoms with Gasteiger partial charge in [-0.1, -0.05) is 13.8 Å². The van der Waals surface area contributed by atoms with Gasteiger partial charge in [0.25, 0.3) is 0 Å². The SMILES string of the molecule is CNC(=O)C(CC(C)C)NC(=O)C1C2CCC(C2)C1N.